The van der Waals surface area contributed by atoms with E-state index >= 15 is 0 Å². The van der Waals surface area contributed by atoms with Crippen molar-refractivity contribution in [3.8, 4) is 0 Å². The van der Waals surface area contributed by atoms with E-state index < -0.39 is 16.0 Å². The van der Waals surface area contributed by atoms with Crippen molar-refractivity contribution in [3.63, 3.8) is 0 Å². The Balaban J connectivity index is 2.10. The van der Waals surface area contributed by atoms with Gasteiger partial charge in [-0.05, 0) is 47.9 Å². The highest BCUT2D eigenvalue weighted by molar-refractivity contribution is 9.11. The maximum Gasteiger partial charge on any atom is 0.345 e. The van der Waals surface area contributed by atoms with E-state index in [9.17, 15) is 13.2 Å². The van der Waals surface area contributed by atoms with Crippen LogP contribution in [0.25, 0.3) is 0 Å². The maximum absolute atomic E-state index is 12.3. The highest BCUT2D eigenvalue weighted by atomic mass is 79.9. The van der Waals surface area contributed by atoms with Gasteiger partial charge in [0.2, 0.25) is 10.0 Å². The second-order valence-corrected chi connectivity index (χ2v) is 8.94. The summed E-state index contributed by atoms with van der Waals surface area (Å²) in [6, 6.07) is 1.40. The fraction of sp³-hybridized carbons (Fsp3) is 0.583. The summed E-state index contributed by atoms with van der Waals surface area (Å²) in [5, 5.41) is 8.93. The van der Waals surface area contributed by atoms with E-state index in [1.165, 1.54) is 6.07 Å². The topological polar surface area (TPSA) is 86.7 Å². The number of carboxylic acids is 1. The molecule has 21 heavy (non-hydrogen) atoms. The Morgan fingerprint density at radius 1 is 1.62 bits per heavy atom. The average molecular weight is 397 g/mol. The Hall–Kier alpha value is -0.480. The molecule has 118 valence electrons. The van der Waals surface area contributed by atoms with Crippen LogP contribution in [0.3, 0.4) is 0 Å². The number of sulfonamides is 1. The van der Waals surface area contributed by atoms with Crippen LogP contribution < -0.4 is 4.72 Å². The second-order valence-electron chi connectivity index (χ2n) is 4.83. The molecule has 1 unspecified atom stereocenters. The molecular formula is C12H17BrN2O4S2. The van der Waals surface area contributed by atoms with Gasteiger partial charge in [0, 0.05) is 12.6 Å². The lowest BCUT2D eigenvalue weighted by Gasteiger charge is -2.22. The number of carbonyl (C=O) groups is 1. The Morgan fingerprint density at radius 2 is 2.33 bits per heavy atom. The van der Waals surface area contributed by atoms with Crippen LogP contribution in [0, 0.1) is 0 Å². The van der Waals surface area contributed by atoms with Crippen molar-refractivity contribution < 1.29 is 18.3 Å². The molecule has 1 saturated heterocycles. The summed E-state index contributed by atoms with van der Waals surface area (Å²) < 4.78 is 27.5. The summed E-state index contributed by atoms with van der Waals surface area (Å²) in [6.45, 7) is 4.30. The van der Waals surface area contributed by atoms with Gasteiger partial charge in [-0.3, -0.25) is 4.90 Å². The number of rotatable bonds is 6. The first-order chi connectivity index (χ1) is 9.85. The number of aromatic carboxylic acids is 1. The fourth-order valence-electron chi connectivity index (χ4n) is 2.47. The molecule has 0 saturated carbocycles. The highest BCUT2D eigenvalue weighted by Crippen LogP contribution is 2.31. The van der Waals surface area contributed by atoms with E-state index in [0.717, 1.165) is 37.3 Å². The van der Waals surface area contributed by atoms with Crippen LogP contribution in [-0.2, 0) is 10.0 Å². The average Bonchev–Trinajstić information content (AvgIpc) is 3.02. The molecule has 6 nitrogen and oxygen atoms in total. The van der Waals surface area contributed by atoms with Crippen molar-refractivity contribution in [2.45, 2.75) is 30.7 Å². The van der Waals surface area contributed by atoms with Crippen molar-refractivity contribution in [3.05, 3.63) is 14.7 Å². The number of likely N-dealkylation sites (N-methyl/N-ethyl adjacent to an activating group) is 1. The predicted octanol–water partition coefficient (Wildman–Crippen LogP) is 1.97. The molecule has 0 spiro atoms. The molecule has 1 aliphatic heterocycles. The normalized spacial score (nSPS) is 20.0. The summed E-state index contributed by atoms with van der Waals surface area (Å²) in [5.41, 5.74) is 0. The van der Waals surface area contributed by atoms with Crippen LogP contribution in [0.4, 0.5) is 0 Å². The lowest BCUT2D eigenvalue weighted by atomic mass is 10.2. The molecule has 2 N–H and O–H groups in total. The van der Waals surface area contributed by atoms with Gasteiger partial charge in [0.1, 0.15) is 9.77 Å². The van der Waals surface area contributed by atoms with Crippen molar-refractivity contribution in [1.82, 2.24) is 9.62 Å². The monoisotopic (exact) mass is 396 g/mol. The molecule has 1 atom stereocenters. The minimum absolute atomic E-state index is 0.00157. The molecule has 0 aliphatic carbocycles. The summed E-state index contributed by atoms with van der Waals surface area (Å²) in [7, 11) is -3.70. The summed E-state index contributed by atoms with van der Waals surface area (Å²) in [5.74, 6) is -1.13. The van der Waals surface area contributed by atoms with E-state index in [-0.39, 0.29) is 15.8 Å². The molecular weight excluding hydrogens is 380 g/mol. The molecule has 0 aromatic carbocycles. The number of nitrogens with one attached hydrogen (secondary N) is 1. The van der Waals surface area contributed by atoms with E-state index in [4.69, 9.17) is 5.11 Å². The van der Waals surface area contributed by atoms with Crippen LogP contribution in [-0.4, -0.2) is 50.1 Å². The van der Waals surface area contributed by atoms with Crippen molar-refractivity contribution in [2.75, 3.05) is 19.6 Å². The molecule has 0 radical (unpaired) electrons. The van der Waals surface area contributed by atoms with E-state index in [0.29, 0.717) is 10.3 Å². The van der Waals surface area contributed by atoms with Gasteiger partial charge in [-0.1, -0.05) is 6.92 Å². The Labute approximate surface area is 136 Å². The number of hydrogen-bond acceptors (Lipinski definition) is 5. The summed E-state index contributed by atoms with van der Waals surface area (Å²) in [6.07, 6.45) is 2.05. The molecule has 1 aromatic rings. The zero-order valence-corrected chi connectivity index (χ0v) is 14.7. The summed E-state index contributed by atoms with van der Waals surface area (Å²) >= 11 is 4.03. The smallest absolute Gasteiger partial charge is 0.345 e. The quantitative estimate of drug-likeness (QED) is 0.767. The Kier molecular flexibility index (Phi) is 5.42. The third-order valence-electron chi connectivity index (χ3n) is 3.57. The molecule has 2 heterocycles. The predicted molar refractivity (Wildman–Crippen MR) is 84.4 cm³/mol. The van der Waals surface area contributed by atoms with Gasteiger partial charge in [-0.25, -0.2) is 17.9 Å². The molecule has 0 amide bonds. The van der Waals surface area contributed by atoms with E-state index in [1.54, 1.807) is 0 Å². The van der Waals surface area contributed by atoms with Crippen molar-refractivity contribution in [2.24, 2.45) is 0 Å². The molecule has 1 fully saturated rings. The number of likely N-dealkylation sites (tertiary alicyclic amines) is 1. The second kappa shape index (κ2) is 6.74. The minimum atomic E-state index is -3.70. The first-order valence-electron chi connectivity index (χ1n) is 6.61. The lowest BCUT2D eigenvalue weighted by Crippen LogP contribution is -2.39. The Morgan fingerprint density at radius 3 is 2.90 bits per heavy atom. The first kappa shape index (κ1) is 16.9. The van der Waals surface area contributed by atoms with Gasteiger partial charge in [0.15, 0.2) is 0 Å². The largest absolute Gasteiger partial charge is 0.477 e. The third-order valence-corrected chi connectivity index (χ3v) is 7.23. The number of halogens is 1. The number of nitrogens with zero attached hydrogens (tertiary/aromatic N) is 1. The Bertz CT molecular complexity index is 629. The van der Waals surface area contributed by atoms with Gasteiger partial charge in [-0.2, -0.15) is 0 Å². The summed E-state index contributed by atoms with van der Waals surface area (Å²) in [4.78, 5) is 13.1. The maximum atomic E-state index is 12.3. The number of thiophene rings is 1. The zero-order chi connectivity index (χ0) is 15.6. The number of hydrogen-bond donors (Lipinski definition) is 2. The van der Waals surface area contributed by atoms with Gasteiger partial charge in [0.05, 0.1) is 3.79 Å². The van der Waals surface area contributed by atoms with Crippen molar-refractivity contribution in [1.29, 1.82) is 0 Å². The SMILES string of the molecule is CCN1CCCC1CNS(=O)(=O)c1cc(C(=O)O)sc1Br. The standard InChI is InChI=1S/C12H17BrN2O4S2/c1-2-15-5-3-4-8(15)7-14-21(18,19)10-6-9(12(16)17)20-11(10)13/h6,8,14H,2-5,7H2,1H3,(H,16,17). The molecule has 2 rings (SSSR count). The minimum Gasteiger partial charge on any atom is -0.477 e. The molecule has 1 aromatic heterocycles. The van der Waals surface area contributed by atoms with E-state index in [2.05, 4.69) is 32.5 Å². The van der Waals surface area contributed by atoms with Crippen LogP contribution in [0.15, 0.2) is 14.7 Å². The lowest BCUT2D eigenvalue weighted by molar-refractivity contribution is 0.0702. The van der Waals surface area contributed by atoms with Crippen LogP contribution in [0.2, 0.25) is 0 Å². The van der Waals surface area contributed by atoms with Gasteiger partial charge < -0.3 is 5.11 Å². The van der Waals surface area contributed by atoms with Crippen molar-refractivity contribution >= 4 is 43.3 Å². The number of carboxylic acid groups (broad SMARTS) is 1. The van der Waals surface area contributed by atoms with Crippen LogP contribution in [0.5, 0.6) is 0 Å². The van der Waals surface area contributed by atoms with Gasteiger partial charge in [-0.15, -0.1) is 11.3 Å². The zero-order valence-electron chi connectivity index (χ0n) is 11.5. The van der Waals surface area contributed by atoms with Crippen LogP contribution in [0.1, 0.15) is 29.4 Å². The van der Waals surface area contributed by atoms with Crippen LogP contribution >= 0.6 is 27.3 Å². The van der Waals surface area contributed by atoms with Gasteiger partial charge >= 0.3 is 5.97 Å². The third kappa shape index (κ3) is 3.84. The molecule has 1 aliphatic rings. The fourth-order valence-corrected chi connectivity index (χ4v) is 5.94. The highest BCUT2D eigenvalue weighted by Gasteiger charge is 2.27. The molecule has 9 heteroatoms. The molecule has 0 bridgehead atoms. The van der Waals surface area contributed by atoms with Gasteiger partial charge in [0.25, 0.3) is 0 Å². The van der Waals surface area contributed by atoms with E-state index in [1.807, 2.05) is 0 Å². The first-order valence-corrected chi connectivity index (χ1v) is 9.70.